The number of halogens is 2. The Morgan fingerprint density at radius 2 is 1.88 bits per heavy atom. The van der Waals surface area contributed by atoms with Crippen LogP contribution in [0.2, 0.25) is 5.02 Å². The lowest BCUT2D eigenvalue weighted by molar-refractivity contribution is 1.31. The molecule has 84 valence electrons. The molecule has 3 rings (SSSR count). The van der Waals surface area contributed by atoms with Crippen LogP contribution in [0.5, 0.6) is 0 Å². The van der Waals surface area contributed by atoms with Crippen LogP contribution in [0.15, 0.2) is 46.9 Å². The summed E-state index contributed by atoms with van der Waals surface area (Å²) >= 11 is 9.94. The Morgan fingerprint density at radius 1 is 1.06 bits per heavy atom. The van der Waals surface area contributed by atoms with Crippen LogP contribution in [0, 0.1) is 0 Å². The van der Waals surface area contributed by atoms with Gasteiger partial charge in [0.2, 0.25) is 0 Å². The second-order valence-corrected chi connectivity index (χ2v) is 5.38. The van der Waals surface area contributed by atoms with Crippen molar-refractivity contribution >= 4 is 33.6 Å². The van der Waals surface area contributed by atoms with Gasteiger partial charge < -0.3 is 0 Å². The summed E-state index contributed by atoms with van der Waals surface area (Å²) in [6, 6.07) is 12.4. The molecule has 17 heavy (non-hydrogen) atoms. The lowest BCUT2D eigenvalue weighted by Gasteiger charge is -2.09. The van der Waals surface area contributed by atoms with Crippen LogP contribution < -0.4 is 0 Å². The standard InChI is InChI=1S/C15H10BrCl/c16-14-7-2-1-6-12(14)13-8-10-4-3-5-11(10)9-15(13)17/h1-4,6-9H,5H2. The van der Waals surface area contributed by atoms with E-state index in [1.165, 1.54) is 11.1 Å². The van der Waals surface area contributed by atoms with E-state index in [-0.39, 0.29) is 0 Å². The van der Waals surface area contributed by atoms with Crippen molar-refractivity contribution in [3.63, 3.8) is 0 Å². The Kier molecular flexibility index (Phi) is 2.81. The molecule has 2 aromatic carbocycles. The molecule has 1 aliphatic carbocycles. The van der Waals surface area contributed by atoms with Crippen LogP contribution in [0.3, 0.4) is 0 Å². The molecule has 0 spiro atoms. The number of hydrogen-bond donors (Lipinski definition) is 0. The average Bonchev–Trinajstić information content (AvgIpc) is 2.76. The van der Waals surface area contributed by atoms with Gasteiger partial charge in [0.25, 0.3) is 0 Å². The van der Waals surface area contributed by atoms with Crippen LogP contribution in [0.25, 0.3) is 17.2 Å². The molecule has 0 aliphatic heterocycles. The van der Waals surface area contributed by atoms with Gasteiger partial charge in [0.1, 0.15) is 0 Å². The second kappa shape index (κ2) is 4.32. The quantitative estimate of drug-likeness (QED) is 0.667. The molecule has 0 atom stereocenters. The molecule has 0 saturated heterocycles. The van der Waals surface area contributed by atoms with E-state index in [1.807, 2.05) is 18.2 Å². The zero-order valence-electron chi connectivity index (χ0n) is 9.08. The third kappa shape index (κ3) is 1.94. The summed E-state index contributed by atoms with van der Waals surface area (Å²) in [5.41, 5.74) is 4.82. The second-order valence-electron chi connectivity index (χ2n) is 4.12. The summed E-state index contributed by atoms with van der Waals surface area (Å²) in [5.74, 6) is 0. The van der Waals surface area contributed by atoms with Crippen LogP contribution in [-0.2, 0) is 6.42 Å². The highest BCUT2D eigenvalue weighted by molar-refractivity contribution is 9.10. The largest absolute Gasteiger partial charge is 0.0837 e. The van der Waals surface area contributed by atoms with E-state index in [9.17, 15) is 0 Å². The predicted octanol–water partition coefficient (Wildman–Crippen LogP) is 5.34. The first-order chi connectivity index (χ1) is 8.25. The van der Waals surface area contributed by atoms with E-state index in [4.69, 9.17) is 11.6 Å². The van der Waals surface area contributed by atoms with Gasteiger partial charge in [0, 0.05) is 15.1 Å². The lowest BCUT2D eigenvalue weighted by Crippen LogP contribution is -1.87. The van der Waals surface area contributed by atoms with Crippen molar-refractivity contribution in [1.29, 1.82) is 0 Å². The highest BCUT2D eigenvalue weighted by Crippen LogP contribution is 2.36. The molecule has 0 saturated carbocycles. The minimum atomic E-state index is 0.819. The van der Waals surface area contributed by atoms with Gasteiger partial charge in [0.15, 0.2) is 0 Å². The molecular weight excluding hydrogens is 296 g/mol. The van der Waals surface area contributed by atoms with Gasteiger partial charge in [-0.2, -0.15) is 0 Å². The number of hydrogen-bond acceptors (Lipinski definition) is 0. The smallest absolute Gasteiger partial charge is 0.0488 e. The molecular formula is C15H10BrCl. The molecule has 0 aromatic heterocycles. The fourth-order valence-corrected chi connectivity index (χ4v) is 2.95. The summed E-state index contributed by atoms with van der Waals surface area (Å²) in [4.78, 5) is 0. The van der Waals surface area contributed by atoms with E-state index in [0.29, 0.717) is 0 Å². The van der Waals surface area contributed by atoms with Crippen molar-refractivity contribution in [3.05, 3.63) is 63.1 Å². The maximum Gasteiger partial charge on any atom is 0.0488 e. The zero-order valence-corrected chi connectivity index (χ0v) is 11.4. The van der Waals surface area contributed by atoms with Crippen LogP contribution in [0.1, 0.15) is 11.1 Å². The van der Waals surface area contributed by atoms with Crippen LogP contribution in [0.4, 0.5) is 0 Å². The number of rotatable bonds is 1. The Morgan fingerprint density at radius 3 is 2.71 bits per heavy atom. The monoisotopic (exact) mass is 304 g/mol. The molecule has 2 aromatic rings. The summed E-state index contributed by atoms with van der Waals surface area (Å²) in [6.45, 7) is 0. The minimum Gasteiger partial charge on any atom is -0.0837 e. The van der Waals surface area contributed by atoms with Crippen molar-refractivity contribution in [2.75, 3.05) is 0 Å². The molecule has 0 unspecified atom stereocenters. The van der Waals surface area contributed by atoms with E-state index in [2.05, 4.69) is 46.3 Å². The maximum atomic E-state index is 6.37. The topological polar surface area (TPSA) is 0 Å². The minimum absolute atomic E-state index is 0.819. The zero-order chi connectivity index (χ0) is 11.8. The van der Waals surface area contributed by atoms with E-state index >= 15 is 0 Å². The fourth-order valence-electron chi connectivity index (χ4n) is 2.16. The Hall–Kier alpha value is -1.05. The lowest BCUT2D eigenvalue weighted by atomic mass is 10.0. The summed E-state index contributed by atoms with van der Waals surface area (Å²) in [6.07, 6.45) is 5.32. The summed E-state index contributed by atoms with van der Waals surface area (Å²) in [7, 11) is 0. The number of benzene rings is 2. The summed E-state index contributed by atoms with van der Waals surface area (Å²) in [5, 5.41) is 0.819. The molecule has 0 N–H and O–H groups in total. The van der Waals surface area contributed by atoms with Crippen molar-refractivity contribution in [2.45, 2.75) is 6.42 Å². The highest BCUT2D eigenvalue weighted by atomic mass is 79.9. The van der Waals surface area contributed by atoms with Crippen molar-refractivity contribution < 1.29 is 0 Å². The highest BCUT2D eigenvalue weighted by Gasteiger charge is 2.12. The van der Waals surface area contributed by atoms with Crippen molar-refractivity contribution in [3.8, 4) is 11.1 Å². The molecule has 0 nitrogen and oxygen atoms in total. The summed E-state index contributed by atoms with van der Waals surface area (Å²) < 4.78 is 1.07. The van der Waals surface area contributed by atoms with Gasteiger partial charge in [0.05, 0.1) is 0 Å². The number of allylic oxidation sites excluding steroid dienone is 1. The van der Waals surface area contributed by atoms with Gasteiger partial charge in [-0.05, 0) is 41.3 Å². The van der Waals surface area contributed by atoms with Crippen molar-refractivity contribution in [1.82, 2.24) is 0 Å². The molecule has 0 amide bonds. The molecule has 0 heterocycles. The van der Waals surface area contributed by atoms with Gasteiger partial charge in [-0.1, -0.05) is 57.9 Å². The molecule has 2 heteroatoms. The van der Waals surface area contributed by atoms with Gasteiger partial charge in [-0.3, -0.25) is 0 Å². The van der Waals surface area contributed by atoms with Gasteiger partial charge in [-0.25, -0.2) is 0 Å². The maximum absolute atomic E-state index is 6.37. The Labute approximate surface area is 114 Å². The van der Waals surface area contributed by atoms with Crippen LogP contribution in [-0.4, -0.2) is 0 Å². The first-order valence-corrected chi connectivity index (χ1v) is 6.66. The Balaban J connectivity index is 2.22. The van der Waals surface area contributed by atoms with E-state index < -0.39 is 0 Å². The normalized spacial score (nSPS) is 12.8. The SMILES string of the molecule is Clc1cc2c(cc1-c1ccccc1Br)C=CC2. The van der Waals surface area contributed by atoms with Crippen molar-refractivity contribution in [2.24, 2.45) is 0 Å². The fraction of sp³-hybridized carbons (Fsp3) is 0.0667. The number of fused-ring (bicyclic) bond motifs is 1. The van der Waals surface area contributed by atoms with E-state index in [0.717, 1.165) is 27.0 Å². The average molecular weight is 306 g/mol. The first-order valence-electron chi connectivity index (χ1n) is 5.49. The Bertz CT molecular complexity index is 614. The first kappa shape index (κ1) is 11.1. The van der Waals surface area contributed by atoms with Gasteiger partial charge in [-0.15, -0.1) is 0 Å². The van der Waals surface area contributed by atoms with Crippen LogP contribution >= 0.6 is 27.5 Å². The van der Waals surface area contributed by atoms with Gasteiger partial charge >= 0.3 is 0 Å². The van der Waals surface area contributed by atoms with E-state index in [1.54, 1.807) is 0 Å². The molecule has 0 bridgehead atoms. The molecule has 1 aliphatic rings. The third-order valence-electron chi connectivity index (χ3n) is 3.03. The molecule has 0 radical (unpaired) electrons. The molecule has 0 fully saturated rings. The third-order valence-corrected chi connectivity index (χ3v) is 4.03. The predicted molar refractivity (Wildman–Crippen MR) is 77.3 cm³/mol.